The standard InChI is InChI=1S/C20H20FN3O.ClH/c21-17-8-6-16(7-9-17)20-14-19(25-22-20)15-23-10-12-24(13-11-23)18-4-2-1-3-5-18;/h1-9,14H,10-13,15H2;1H. The van der Waals surface area contributed by atoms with E-state index in [9.17, 15) is 4.39 Å². The molecule has 0 aliphatic carbocycles. The third kappa shape index (κ3) is 4.23. The zero-order valence-corrected chi connectivity index (χ0v) is 15.2. The second-order valence-electron chi connectivity index (χ2n) is 6.28. The molecule has 1 aliphatic heterocycles. The van der Waals surface area contributed by atoms with Gasteiger partial charge in [-0.3, -0.25) is 4.90 Å². The zero-order valence-electron chi connectivity index (χ0n) is 14.3. The van der Waals surface area contributed by atoms with Gasteiger partial charge in [0.15, 0.2) is 5.76 Å². The van der Waals surface area contributed by atoms with E-state index in [1.165, 1.54) is 17.8 Å². The van der Waals surface area contributed by atoms with Gasteiger partial charge in [0, 0.05) is 43.5 Å². The number of benzene rings is 2. The van der Waals surface area contributed by atoms with Gasteiger partial charge in [-0.25, -0.2) is 4.39 Å². The molecule has 4 nitrogen and oxygen atoms in total. The predicted molar refractivity (Wildman–Crippen MR) is 103 cm³/mol. The fourth-order valence-corrected chi connectivity index (χ4v) is 3.17. The van der Waals surface area contributed by atoms with Crippen molar-refractivity contribution in [3.63, 3.8) is 0 Å². The van der Waals surface area contributed by atoms with Crippen molar-refractivity contribution in [3.8, 4) is 11.3 Å². The Morgan fingerprint density at radius 3 is 2.31 bits per heavy atom. The number of para-hydroxylation sites is 1. The molecule has 136 valence electrons. The number of hydrogen-bond acceptors (Lipinski definition) is 4. The van der Waals surface area contributed by atoms with Gasteiger partial charge in [-0.15, -0.1) is 12.4 Å². The first-order valence-corrected chi connectivity index (χ1v) is 8.52. The van der Waals surface area contributed by atoms with Crippen LogP contribution in [0.2, 0.25) is 0 Å². The van der Waals surface area contributed by atoms with E-state index < -0.39 is 0 Å². The van der Waals surface area contributed by atoms with E-state index in [1.54, 1.807) is 12.1 Å². The summed E-state index contributed by atoms with van der Waals surface area (Å²) in [6.07, 6.45) is 0. The highest BCUT2D eigenvalue weighted by Crippen LogP contribution is 2.21. The van der Waals surface area contributed by atoms with E-state index in [0.717, 1.165) is 49.7 Å². The summed E-state index contributed by atoms with van der Waals surface area (Å²) in [5.41, 5.74) is 2.89. The van der Waals surface area contributed by atoms with Crippen molar-refractivity contribution in [1.29, 1.82) is 0 Å². The average Bonchev–Trinajstić information content (AvgIpc) is 3.12. The van der Waals surface area contributed by atoms with Gasteiger partial charge < -0.3 is 9.42 Å². The van der Waals surface area contributed by atoms with Crippen LogP contribution in [-0.2, 0) is 6.54 Å². The monoisotopic (exact) mass is 373 g/mol. The molecule has 0 unspecified atom stereocenters. The molecule has 1 saturated heterocycles. The highest BCUT2D eigenvalue weighted by Gasteiger charge is 2.19. The minimum atomic E-state index is -0.247. The van der Waals surface area contributed by atoms with Crippen LogP contribution in [0.4, 0.5) is 10.1 Å². The van der Waals surface area contributed by atoms with E-state index in [2.05, 4.69) is 39.2 Å². The number of piperazine rings is 1. The van der Waals surface area contributed by atoms with Gasteiger partial charge in [-0.2, -0.15) is 0 Å². The van der Waals surface area contributed by atoms with Crippen LogP contribution in [0.1, 0.15) is 5.76 Å². The van der Waals surface area contributed by atoms with Crippen LogP contribution in [0, 0.1) is 5.82 Å². The molecular formula is C20H21ClFN3O. The van der Waals surface area contributed by atoms with Gasteiger partial charge in [-0.05, 0) is 36.4 Å². The molecule has 1 fully saturated rings. The van der Waals surface area contributed by atoms with Crippen LogP contribution in [0.15, 0.2) is 65.2 Å². The second kappa shape index (κ2) is 8.34. The van der Waals surface area contributed by atoms with E-state index in [0.29, 0.717) is 0 Å². The van der Waals surface area contributed by atoms with Crippen LogP contribution in [0.3, 0.4) is 0 Å². The van der Waals surface area contributed by atoms with Crippen molar-refractivity contribution in [1.82, 2.24) is 10.1 Å². The van der Waals surface area contributed by atoms with Crippen molar-refractivity contribution in [2.45, 2.75) is 6.54 Å². The molecule has 0 bridgehead atoms. The number of halogens is 2. The Kier molecular flexibility index (Phi) is 5.91. The Labute approximate surface area is 158 Å². The lowest BCUT2D eigenvalue weighted by atomic mass is 10.1. The molecule has 0 saturated carbocycles. The molecule has 4 rings (SSSR count). The number of aromatic nitrogens is 1. The van der Waals surface area contributed by atoms with Crippen molar-refractivity contribution >= 4 is 18.1 Å². The highest BCUT2D eigenvalue weighted by atomic mass is 35.5. The maximum atomic E-state index is 13.0. The molecule has 0 spiro atoms. The van der Waals surface area contributed by atoms with Gasteiger partial charge in [0.1, 0.15) is 11.5 Å². The van der Waals surface area contributed by atoms with Gasteiger partial charge in [0.25, 0.3) is 0 Å². The van der Waals surface area contributed by atoms with Crippen LogP contribution in [0.5, 0.6) is 0 Å². The molecule has 0 N–H and O–H groups in total. The summed E-state index contributed by atoms with van der Waals surface area (Å²) >= 11 is 0. The van der Waals surface area contributed by atoms with Crippen LogP contribution in [0.25, 0.3) is 11.3 Å². The number of rotatable bonds is 4. The first-order valence-electron chi connectivity index (χ1n) is 8.52. The Morgan fingerprint density at radius 2 is 1.62 bits per heavy atom. The molecule has 6 heteroatoms. The van der Waals surface area contributed by atoms with Crippen molar-refractivity contribution in [2.75, 3.05) is 31.1 Å². The van der Waals surface area contributed by atoms with Crippen molar-refractivity contribution < 1.29 is 8.91 Å². The summed E-state index contributed by atoms with van der Waals surface area (Å²) in [6.45, 7) is 4.73. The van der Waals surface area contributed by atoms with E-state index in [4.69, 9.17) is 4.52 Å². The summed E-state index contributed by atoms with van der Waals surface area (Å²) in [5.74, 6) is 0.594. The van der Waals surface area contributed by atoms with Crippen LogP contribution in [-0.4, -0.2) is 36.2 Å². The minimum absolute atomic E-state index is 0. The lowest BCUT2D eigenvalue weighted by Crippen LogP contribution is -2.45. The topological polar surface area (TPSA) is 32.5 Å². The van der Waals surface area contributed by atoms with E-state index >= 15 is 0 Å². The van der Waals surface area contributed by atoms with Gasteiger partial charge in [0.2, 0.25) is 0 Å². The Hall–Kier alpha value is -2.37. The van der Waals surface area contributed by atoms with Crippen molar-refractivity contribution in [3.05, 3.63) is 72.2 Å². The summed E-state index contributed by atoms with van der Waals surface area (Å²) in [4.78, 5) is 4.77. The summed E-state index contributed by atoms with van der Waals surface area (Å²) in [6, 6.07) is 18.8. The lowest BCUT2D eigenvalue weighted by molar-refractivity contribution is 0.220. The summed E-state index contributed by atoms with van der Waals surface area (Å²) in [5, 5.41) is 4.11. The van der Waals surface area contributed by atoms with Crippen LogP contribution >= 0.6 is 12.4 Å². The quantitative estimate of drug-likeness (QED) is 0.685. The molecule has 1 aliphatic rings. The average molecular weight is 374 g/mol. The number of nitrogens with zero attached hydrogens (tertiary/aromatic N) is 3. The van der Waals surface area contributed by atoms with Gasteiger partial charge in [-0.1, -0.05) is 23.4 Å². The van der Waals surface area contributed by atoms with Gasteiger partial charge in [0.05, 0.1) is 6.54 Å². The first-order chi connectivity index (χ1) is 12.3. The van der Waals surface area contributed by atoms with E-state index in [-0.39, 0.29) is 18.2 Å². The number of anilines is 1. The smallest absolute Gasteiger partial charge is 0.151 e. The first kappa shape index (κ1) is 18.4. The maximum absolute atomic E-state index is 13.0. The third-order valence-corrected chi connectivity index (χ3v) is 4.57. The van der Waals surface area contributed by atoms with Gasteiger partial charge >= 0.3 is 0 Å². The molecule has 0 radical (unpaired) electrons. The Morgan fingerprint density at radius 1 is 0.923 bits per heavy atom. The molecule has 3 aromatic rings. The van der Waals surface area contributed by atoms with E-state index in [1.807, 2.05) is 12.1 Å². The Balaban J connectivity index is 0.00000196. The number of hydrogen-bond donors (Lipinski definition) is 0. The molecule has 0 atom stereocenters. The molecule has 2 aromatic carbocycles. The fraction of sp³-hybridized carbons (Fsp3) is 0.250. The minimum Gasteiger partial charge on any atom is -0.369 e. The fourth-order valence-electron chi connectivity index (χ4n) is 3.17. The molecule has 2 heterocycles. The predicted octanol–water partition coefficient (Wildman–Crippen LogP) is 4.22. The zero-order chi connectivity index (χ0) is 17.1. The molecule has 26 heavy (non-hydrogen) atoms. The molecular weight excluding hydrogens is 353 g/mol. The third-order valence-electron chi connectivity index (χ3n) is 4.57. The molecule has 1 aromatic heterocycles. The second-order valence-corrected chi connectivity index (χ2v) is 6.28. The van der Waals surface area contributed by atoms with Crippen LogP contribution < -0.4 is 4.90 Å². The summed E-state index contributed by atoms with van der Waals surface area (Å²) < 4.78 is 18.5. The highest BCUT2D eigenvalue weighted by molar-refractivity contribution is 5.85. The maximum Gasteiger partial charge on any atom is 0.151 e. The largest absolute Gasteiger partial charge is 0.369 e. The summed E-state index contributed by atoms with van der Waals surface area (Å²) in [7, 11) is 0. The lowest BCUT2D eigenvalue weighted by Gasteiger charge is -2.35. The molecule has 0 amide bonds. The normalized spacial score (nSPS) is 14.9. The Bertz CT molecular complexity index is 815. The SMILES string of the molecule is Cl.Fc1ccc(-c2cc(CN3CCN(c4ccccc4)CC3)on2)cc1. The van der Waals surface area contributed by atoms with Crippen molar-refractivity contribution in [2.24, 2.45) is 0 Å².